The molecule has 5 nitrogen and oxygen atoms in total. The standard InChI is InChI=1S/C18H30ClN3O2S/c1-6-14(24-16-10-8-7-9-15(16)19)13-22-17(20-5)21-11-12-25(23)18(2,3)4/h7-10,14H,6,11-13H2,1-5H3,(H2,20,21,22). The molecule has 0 amide bonds. The van der Waals surface area contributed by atoms with Crippen LogP contribution >= 0.6 is 11.6 Å². The van der Waals surface area contributed by atoms with Gasteiger partial charge in [0.05, 0.1) is 11.6 Å². The molecule has 0 saturated carbocycles. The number of para-hydroxylation sites is 1. The van der Waals surface area contributed by atoms with Crippen LogP contribution in [-0.2, 0) is 10.8 Å². The van der Waals surface area contributed by atoms with Gasteiger partial charge >= 0.3 is 0 Å². The predicted octanol–water partition coefficient (Wildman–Crippen LogP) is 3.21. The fourth-order valence-electron chi connectivity index (χ4n) is 1.99. The summed E-state index contributed by atoms with van der Waals surface area (Å²) in [5, 5.41) is 7.04. The van der Waals surface area contributed by atoms with Gasteiger partial charge in [0.2, 0.25) is 0 Å². The molecular formula is C18H30ClN3O2S. The van der Waals surface area contributed by atoms with Crippen LogP contribution in [0.3, 0.4) is 0 Å². The first kappa shape index (κ1) is 21.8. The first-order valence-corrected chi connectivity index (χ1v) is 10.2. The third-order valence-corrected chi connectivity index (χ3v) is 5.82. The van der Waals surface area contributed by atoms with Crippen LogP contribution in [-0.4, -0.2) is 46.9 Å². The molecule has 1 aromatic rings. The van der Waals surface area contributed by atoms with Gasteiger partial charge in [-0.3, -0.25) is 9.20 Å². The summed E-state index contributed by atoms with van der Waals surface area (Å²) in [5.41, 5.74) is 0. The van der Waals surface area contributed by atoms with Crippen molar-refractivity contribution in [2.75, 3.05) is 25.9 Å². The Kier molecular flexibility index (Phi) is 9.28. The van der Waals surface area contributed by atoms with Crippen molar-refractivity contribution in [3.05, 3.63) is 29.3 Å². The summed E-state index contributed by atoms with van der Waals surface area (Å²) in [7, 11) is 0.830. The Morgan fingerprint density at radius 2 is 2.00 bits per heavy atom. The van der Waals surface area contributed by atoms with Crippen molar-refractivity contribution in [1.29, 1.82) is 0 Å². The number of guanidine groups is 1. The maximum atomic E-state index is 12.1. The Bertz CT molecular complexity index is 588. The van der Waals surface area contributed by atoms with Gasteiger partial charge in [0.15, 0.2) is 5.96 Å². The van der Waals surface area contributed by atoms with Crippen LogP contribution in [0.5, 0.6) is 5.75 Å². The van der Waals surface area contributed by atoms with Crippen LogP contribution in [0.1, 0.15) is 34.1 Å². The molecule has 0 aromatic heterocycles. The fourth-order valence-corrected chi connectivity index (χ4v) is 3.07. The van der Waals surface area contributed by atoms with Crippen LogP contribution in [0.2, 0.25) is 5.02 Å². The minimum atomic E-state index is -0.884. The highest BCUT2D eigenvalue weighted by Gasteiger charge is 2.18. The number of nitrogens with one attached hydrogen (secondary N) is 2. The number of nitrogens with zero attached hydrogens (tertiary/aromatic N) is 1. The first-order chi connectivity index (χ1) is 11.8. The summed E-state index contributed by atoms with van der Waals surface area (Å²) in [6, 6.07) is 7.45. The number of hydrogen-bond acceptors (Lipinski definition) is 3. The van der Waals surface area contributed by atoms with Crippen molar-refractivity contribution in [2.45, 2.75) is 45.0 Å². The van der Waals surface area contributed by atoms with E-state index in [4.69, 9.17) is 16.3 Å². The highest BCUT2D eigenvalue weighted by Crippen LogP contribution is 2.24. The van der Waals surface area contributed by atoms with Gasteiger partial charge in [-0.2, -0.15) is 0 Å². The second kappa shape index (κ2) is 10.7. The lowest BCUT2D eigenvalue weighted by Gasteiger charge is -2.21. The lowest BCUT2D eigenvalue weighted by molar-refractivity contribution is 0.199. The van der Waals surface area contributed by atoms with Gasteiger partial charge < -0.3 is 15.4 Å². The second-order valence-electron chi connectivity index (χ2n) is 6.62. The molecule has 1 aromatic carbocycles. The summed E-state index contributed by atoms with van der Waals surface area (Å²) in [5.74, 6) is 1.94. The SMILES string of the molecule is CCC(CNC(=NC)NCCS(=O)C(C)(C)C)Oc1ccccc1Cl. The molecule has 0 saturated heterocycles. The Morgan fingerprint density at radius 1 is 1.32 bits per heavy atom. The molecule has 25 heavy (non-hydrogen) atoms. The zero-order chi connectivity index (χ0) is 18.9. The van der Waals surface area contributed by atoms with Crippen molar-refractivity contribution in [1.82, 2.24) is 10.6 Å². The van der Waals surface area contributed by atoms with E-state index in [1.165, 1.54) is 0 Å². The number of aliphatic imine (C=N–C) groups is 1. The quantitative estimate of drug-likeness (QED) is 0.531. The highest BCUT2D eigenvalue weighted by atomic mass is 35.5. The van der Waals surface area contributed by atoms with Crippen LogP contribution in [0.15, 0.2) is 29.3 Å². The molecule has 2 unspecified atom stereocenters. The number of hydrogen-bond donors (Lipinski definition) is 2. The fraction of sp³-hybridized carbons (Fsp3) is 0.611. The first-order valence-electron chi connectivity index (χ1n) is 8.52. The number of benzene rings is 1. The Morgan fingerprint density at radius 3 is 2.56 bits per heavy atom. The van der Waals surface area contributed by atoms with E-state index in [2.05, 4.69) is 22.5 Å². The normalized spacial score (nSPS) is 14.7. The maximum Gasteiger partial charge on any atom is 0.191 e. The molecule has 7 heteroatoms. The Balaban J connectivity index is 2.44. The van der Waals surface area contributed by atoms with Crippen LogP contribution < -0.4 is 15.4 Å². The molecule has 0 fully saturated rings. The number of rotatable bonds is 8. The average Bonchev–Trinajstić information content (AvgIpc) is 2.57. The molecule has 0 bridgehead atoms. The summed E-state index contributed by atoms with van der Waals surface area (Å²) in [6.45, 7) is 9.21. The van der Waals surface area contributed by atoms with Gasteiger partial charge in [0.1, 0.15) is 11.9 Å². The molecule has 1 rings (SSSR count). The summed E-state index contributed by atoms with van der Waals surface area (Å²) >= 11 is 6.14. The van der Waals surface area contributed by atoms with Crippen molar-refractivity contribution >= 4 is 28.4 Å². The van der Waals surface area contributed by atoms with Gasteiger partial charge in [-0.15, -0.1) is 0 Å². The molecular weight excluding hydrogens is 358 g/mol. The number of halogens is 1. The smallest absolute Gasteiger partial charge is 0.191 e. The average molecular weight is 388 g/mol. The topological polar surface area (TPSA) is 62.7 Å². The summed E-state index contributed by atoms with van der Waals surface area (Å²) in [6.07, 6.45) is 0.811. The van der Waals surface area contributed by atoms with Gasteiger partial charge in [0, 0.05) is 34.9 Å². The third-order valence-electron chi connectivity index (χ3n) is 3.57. The molecule has 0 aliphatic heterocycles. The molecule has 0 aliphatic rings. The zero-order valence-corrected chi connectivity index (χ0v) is 17.3. The van der Waals surface area contributed by atoms with Crippen molar-refractivity contribution < 1.29 is 8.95 Å². The molecule has 2 atom stereocenters. The van der Waals surface area contributed by atoms with E-state index in [1.54, 1.807) is 7.05 Å². The molecule has 0 aliphatic carbocycles. The zero-order valence-electron chi connectivity index (χ0n) is 15.8. The third kappa shape index (κ3) is 8.10. The van der Waals surface area contributed by atoms with E-state index in [-0.39, 0.29) is 10.9 Å². The molecule has 0 heterocycles. The summed E-state index contributed by atoms with van der Waals surface area (Å²) < 4.78 is 17.8. The van der Waals surface area contributed by atoms with Gasteiger partial charge in [-0.1, -0.05) is 30.7 Å². The van der Waals surface area contributed by atoms with Crippen molar-refractivity contribution in [3.63, 3.8) is 0 Å². The minimum Gasteiger partial charge on any atom is -0.487 e. The lowest BCUT2D eigenvalue weighted by Crippen LogP contribution is -2.44. The van der Waals surface area contributed by atoms with Gasteiger partial charge in [0.25, 0.3) is 0 Å². The lowest BCUT2D eigenvalue weighted by atomic mass is 10.2. The van der Waals surface area contributed by atoms with E-state index >= 15 is 0 Å². The highest BCUT2D eigenvalue weighted by molar-refractivity contribution is 7.86. The predicted molar refractivity (Wildman–Crippen MR) is 108 cm³/mol. The molecule has 0 radical (unpaired) electrons. The van der Waals surface area contributed by atoms with E-state index in [0.29, 0.717) is 35.6 Å². The van der Waals surface area contributed by atoms with Crippen LogP contribution in [0.25, 0.3) is 0 Å². The summed E-state index contributed by atoms with van der Waals surface area (Å²) in [4.78, 5) is 4.19. The molecule has 2 N–H and O–H groups in total. The monoisotopic (exact) mass is 387 g/mol. The minimum absolute atomic E-state index is 0.0258. The molecule has 0 spiro atoms. The van der Waals surface area contributed by atoms with Crippen LogP contribution in [0, 0.1) is 0 Å². The number of ether oxygens (including phenoxy) is 1. The van der Waals surface area contributed by atoms with Gasteiger partial charge in [-0.05, 0) is 39.3 Å². The van der Waals surface area contributed by atoms with E-state index in [1.807, 2.05) is 45.0 Å². The largest absolute Gasteiger partial charge is 0.487 e. The Labute approximate surface area is 159 Å². The molecule has 142 valence electrons. The van der Waals surface area contributed by atoms with E-state index in [0.717, 1.165) is 6.42 Å². The Hall–Kier alpha value is -1.27. The van der Waals surface area contributed by atoms with E-state index in [9.17, 15) is 4.21 Å². The second-order valence-corrected chi connectivity index (χ2v) is 9.35. The maximum absolute atomic E-state index is 12.1. The van der Waals surface area contributed by atoms with Crippen molar-refractivity contribution in [2.24, 2.45) is 4.99 Å². The van der Waals surface area contributed by atoms with E-state index < -0.39 is 10.8 Å². The van der Waals surface area contributed by atoms with Crippen molar-refractivity contribution in [3.8, 4) is 5.75 Å². The van der Waals surface area contributed by atoms with Crippen LogP contribution in [0.4, 0.5) is 0 Å². The van der Waals surface area contributed by atoms with Gasteiger partial charge in [-0.25, -0.2) is 0 Å².